The monoisotopic (exact) mass is 313 g/mol. The second-order valence-electron chi connectivity index (χ2n) is 6.93. The standard InChI is InChI=1S/C18H19NO4/c1-18(2,3)17(22)23-12-5-6-13-11(10-12)4-7-14(13)19-15(20)8-9-16(19)21/h5-6,8-10,14H,4,7H2,1-3H3/t14-/m0/s1. The Morgan fingerprint density at radius 3 is 2.43 bits per heavy atom. The Balaban J connectivity index is 1.82. The third-order valence-electron chi connectivity index (χ3n) is 4.14. The molecule has 1 aromatic carbocycles. The molecule has 0 fully saturated rings. The van der Waals surface area contributed by atoms with Crippen LogP contribution in [0.3, 0.4) is 0 Å². The van der Waals surface area contributed by atoms with Crippen LogP contribution in [0.5, 0.6) is 5.75 Å². The average Bonchev–Trinajstić information content (AvgIpc) is 3.01. The van der Waals surface area contributed by atoms with Crippen molar-refractivity contribution in [3.63, 3.8) is 0 Å². The van der Waals surface area contributed by atoms with E-state index in [0.29, 0.717) is 12.2 Å². The van der Waals surface area contributed by atoms with Gasteiger partial charge in [-0.25, -0.2) is 0 Å². The number of hydrogen-bond acceptors (Lipinski definition) is 4. The minimum Gasteiger partial charge on any atom is -0.426 e. The fraction of sp³-hybridized carbons (Fsp3) is 0.389. The van der Waals surface area contributed by atoms with Gasteiger partial charge in [0.2, 0.25) is 0 Å². The van der Waals surface area contributed by atoms with Crippen molar-refractivity contribution in [2.24, 2.45) is 5.41 Å². The summed E-state index contributed by atoms with van der Waals surface area (Å²) < 4.78 is 5.41. The highest BCUT2D eigenvalue weighted by Crippen LogP contribution is 2.39. The lowest BCUT2D eigenvalue weighted by Gasteiger charge is -2.23. The normalized spacial score (nSPS) is 20.1. The van der Waals surface area contributed by atoms with E-state index in [4.69, 9.17) is 4.74 Å². The van der Waals surface area contributed by atoms with Gasteiger partial charge in [-0.2, -0.15) is 0 Å². The number of fused-ring (bicyclic) bond motifs is 1. The lowest BCUT2D eigenvalue weighted by molar-refractivity contribution is -0.143. The SMILES string of the molecule is CC(C)(C)C(=O)Oc1ccc2c(c1)CC[C@@H]2N1C(=O)C=CC1=O. The molecule has 0 N–H and O–H groups in total. The first-order valence-corrected chi connectivity index (χ1v) is 7.68. The van der Waals surface area contributed by atoms with Crippen molar-refractivity contribution in [1.29, 1.82) is 0 Å². The molecule has 3 rings (SSSR count). The van der Waals surface area contributed by atoms with Gasteiger partial charge in [0, 0.05) is 12.2 Å². The van der Waals surface area contributed by atoms with Crippen LogP contribution in [0.25, 0.3) is 0 Å². The number of carbonyl (C=O) groups excluding carboxylic acids is 3. The van der Waals surface area contributed by atoms with E-state index in [1.54, 1.807) is 26.8 Å². The Bertz CT molecular complexity index is 709. The molecule has 1 atom stereocenters. The highest BCUT2D eigenvalue weighted by Gasteiger charge is 2.36. The molecule has 1 heterocycles. The molecule has 5 nitrogen and oxygen atoms in total. The lowest BCUT2D eigenvalue weighted by atomic mass is 9.97. The molecule has 0 spiro atoms. The molecule has 0 unspecified atom stereocenters. The van der Waals surface area contributed by atoms with Gasteiger partial charge in [0.05, 0.1) is 11.5 Å². The van der Waals surface area contributed by atoms with Crippen LogP contribution in [-0.4, -0.2) is 22.7 Å². The summed E-state index contributed by atoms with van der Waals surface area (Å²) in [6, 6.07) is 5.17. The minimum absolute atomic E-state index is 0.229. The van der Waals surface area contributed by atoms with Gasteiger partial charge in [0.1, 0.15) is 5.75 Å². The topological polar surface area (TPSA) is 63.7 Å². The first kappa shape index (κ1) is 15.5. The number of amides is 2. The minimum atomic E-state index is -0.568. The smallest absolute Gasteiger partial charge is 0.316 e. The molecule has 23 heavy (non-hydrogen) atoms. The van der Waals surface area contributed by atoms with Crippen LogP contribution in [0.2, 0.25) is 0 Å². The third-order valence-corrected chi connectivity index (χ3v) is 4.14. The van der Waals surface area contributed by atoms with Gasteiger partial charge in [-0.1, -0.05) is 6.07 Å². The maximum Gasteiger partial charge on any atom is 0.316 e. The van der Waals surface area contributed by atoms with E-state index in [1.807, 2.05) is 12.1 Å². The van der Waals surface area contributed by atoms with Crippen molar-refractivity contribution in [3.05, 3.63) is 41.5 Å². The zero-order valence-corrected chi connectivity index (χ0v) is 13.5. The summed E-state index contributed by atoms with van der Waals surface area (Å²) in [5.41, 5.74) is 1.40. The number of aryl methyl sites for hydroxylation is 1. The molecule has 0 radical (unpaired) electrons. The van der Waals surface area contributed by atoms with Crippen LogP contribution in [0, 0.1) is 5.41 Å². The molecular formula is C18H19NO4. The van der Waals surface area contributed by atoms with Crippen LogP contribution in [-0.2, 0) is 20.8 Å². The molecule has 1 aliphatic carbocycles. The Kier molecular flexibility index (Phi) is 3.59. The fourth-order valence-corrected chi connectivity index (χ4v) is 2.88. The van der Waals surface area contributed by atoms with Crippen LogP contribution in [0.1, 0.15) is 44.4 Å². The van der Waals surface area contributed by atoms with Gasteiger partial charge in [-0.05, 0) is 56.9 Å². The van der Waals surface area contributed by atoms with Crippen molar-refractivity contribution in [2.75, 3.05) is 0 Å². The molecule has 0 saturated carbocycles. The van der Waals surface area contributed by atoms with Gasteiger partial charge in [-0.3, -0.25) is 19.3 Å². The fourth-order valence-electron chi connectivity index (χ4n) is 2.88. The zero-order valence-electron chi connectivity index (χ0n) is 13.5. The van der Waals surface area contributed by atoms with Gasteiger partial charge < -0.3 is 4.74 Å². The van der Waals surface area contributed by atoms with E-state index < -0.39 is 5.41 Å². The number of imide groups is 1. The number of rotatable bonds is 2. The van der Waals surface area contributed by atoms with E-state index in [-0.39, 0.29) is 23.8 Å². The van der Waals surface area contributed by atoms with Crippen molar-refractivity contribution in [3.8, 4) is 5.75 Å². The predicted molar refractivity (Wildman–Crippen MR) is 83.6 cm³/mol. The summed E-state index contributed by atoms with van der Waals surface area (Å²) in [4.78, 5) is 37.0. The van der Waals surface area contributed by atoms with Crippen molar-refractivity contribution in [2.45, 2.75) is 39.7 Å². The zero-order chi connectivity index (χ0) is 16.8. The second kappa shape index (κ2) is 5.33. The second-order valence-corrected chi connectivity index (χ2v) is 6.93. The molecule has 1 aromatic rings. The molecule has 2 aliphatic rings. The highest BCUT2D eigenvalue weighted by molar-refractivity contribution is 6.13. The predicted octanol–water partition coefficient (Wildman–Crippen LogP) is 2.55. The Morgan fingerprint density at radius 2 is 1.83 bits per heavy atom. The molecule has 120 valence electrons. The third kappa shape index (κ3) is 2.79. The molecule has 1 aliphatic heterocycles. The van der Waals surface area contributed by atoms with Crippen molar-refractivity contribution < 1.29 is 19.1 Å². The number of carbonyl (C=O) groups is 3. The summed E-state index contributed by atoms with van der Waals surface area (Å²) >= 11 is 0. The van der Waals surface area contributed by atoms with Gasteiger partial charge >= 0.3 is 5.97 Å². The molecule has 2 amide bonds. The molecule has 0 aromatic heterocycles. The van der Waals surface area contributed by atoms with E-state index in [0.717, 1.165) is 17.5 Å². The lowest BCUT2D eigenvalue weighted by Crippen LogP contribution is -2.33. The highest BCUT2D eigenvalue weighted by atomic mass is 16.5. The number of benzene rings is 1. The van der Waals surface area contributed by atoms with Crippen LogP contribution in [0.4, 0.5) is 0 Å². The largest absolute Gasteiger partial charge is 0.426 e. The quantitative estimate of drug-likeness (QED) is 0.478. The molecule has 0 bridgehead atoms. The van der Waals surface area contributed by atoms with E-state index in [1.165, 1.54) is 17.1 Å². The molecular weight excluding hydrogens is 294 g/mol. The Morgan fingerprint density at radius 1 is 1.17 bits per heavy atom. The van der Waals surface area contributed by atoms with Gasteiger partial charge in [0.25, 0.3) is 11.8 Å². The Hall–Kier alpha value is -2.43. The number of nitrogens with zero attached hydrogens (tertiary/aromatic N) is 1. The summed E-state index contributed by atoms with van der Waals surface area (Å²) in [5, 5.41) is 0. The van der Waals surface area contributed by atoms with Crippen LogP contribution in [0.15, 0.2) is 30.4 Å². The number of hydrogen-bond donors (Lipinski definition) is 0. The maximum atomic E-state index is 12.0. The summed E-state index contributed by atoms with van der Waals surface area (Å²) in [7, 11) is 0. The van der Waals surface area contributed by atoms with E-state index in [9.17, 15) is 14.4 Å². The molecule has 0 saturated heterocycles. The van der Waals surface area contributed by atoms with Gasteiger partial charge in [0.15, 0.2) is 0 Å². The van der Waals surface area contributed by atoms with Gasteiger partial charge in [-0.15, -0.1) is 0 Å². The Labute approximate surface area is 134 Å². The summed E-state index contributed by atoms with van der Waals surface area (Å²) in [6.45, 7) is 5.41. The van der Waals surface area contributed by atoms with Crippen LogP contribution < -0.4 is 4.74 Å². The average molecular weight is 313 g/mol. The first-order chi connectivity index (χ1) is 10.8. The van der Waals surface area contributed by atoms with Crippen molar-refractivity contribution >= 4 is 17.8 Å². The first-order valence-electron chi connectivity index (χ1n) is 7.68. The van der Waals surface area contributed by atoms with Crippen molar-refractivity contribution in [1.82, 2.24) is 4.90 Å². The molecule has 5 heteroatoms. The number of ether oxygens (including phenoxy) is 1. The maximum absolute atomic E-state index is 12.0. The summed E-state index contributed by atoms with van der Waals surface area (Å²) in [6.07, 6.45) is 4.06. The van der Waals surface area contributed by atoms with E-state index >= 15 is 0 Å². The van der Waals surface area contributed by atoms with Crippen LogP contribution >= 0.6 is 0 Å². The van der Waals surface area contributed by atoms with E-state index in [2.05, 4.69) is 0 Å². The number of esters is 1. The summed E-state index contributed by atoms with van der Waals surface area (Å²) in [5.74, 6) is -0.324.